The van der Waals surface area contributed by atoms with Crippen LogP contribution in [-0.4, -0.2) is 22.8 Å². The molecule has 5 nitrogen and oxygen atoms in total. The topological polar surface area (TPSA) is 58.1 Å². The van der Waals surface area contributed by atoms with Crippen LogP contribution in [0.3, 0.4) is 0 Å². The molecule has 1 aliphatic rings. The maximum Gasteiger partial charge on any atom is 0.176 e. The number of fused-ring (bicyclic) bond motifs is 2. The van der Waals surface area contributed by atoms with E-state index in [0.29, 0.717) is 12.2 Å². The number of ketones is 1. The first-order valence-corrected chi connectivity index (χ1v) is 6.19. The summed E-state index contributed by atoms with van der Waals surface area (Å²) in [4.78, 5) is 22.3. The minimum absolute atomic E-state index is 0.136. The maximum absolute atomic E-state index is 11.8. The molecule has 0 amide bonds. The molecular formula is C14H14N4O. The molecule has 0 aliphatic carbocycles. The number of carbonyl (C=O) groups excluding carboxylic acids is 1. The fourth-order valence-corrected chi connectivity index (χ4v) is 2.21. The Morgan fingerprint density at radius 1 is 1.32 bits per heavy atom. The third kappa shape index (κ3) is 1.83. The van der Waals surface area contributed by atoms with Gasteiger partial charge < -0.3 is 10.2 Å². The number of aromatic nitrogens is 2. The predicted molar refractivity (Wildman–Crippen MR) is 74.4 cm³/mol. The van der Waals surface area contributed by atoms with Crippen molar-refractivity contribution in [3.05, 3.63) is 36.2 Å². The number of hydrogen-bond donors (Lipinski definition) is 1. The zero-order chi connectivity index (χ0) is 13.4. The van der Waals surface area contributed by atoms with Crippen molar-refractivity contribution in [1.29, 1.82) is 0 Å². The molecule has 2 aromatic rings. The average Bonchev–Trinajstić information content (AvgIpc) is 2.46. The summed E-state index contributed by atoms with van der Waals surface area (Å²) in [5.74, 6) is 1.63. The number of nitrogens with zero attached hydrogens (tertiary/aromatic N) is 3. The summed E-state index contributed by atoms with van der Waals surface area (Å²) >= 11 is 0. The quantitative estimate of drug-likeness (QED) is 0.835. The zero-order valence-electron chi connectivity index (χ0n) is 10.8. The molecule has 2 heterocycles. The lowest BCUT2D eigenvalue weighted by atomic mass is 10.1. The van der Waals surface area contributed by atoms with Gasteiger partial charge in [0.2, 0.25) is 0 Å². The molecule has 5 heteroatoms. The van der Waals surface area contributed by atoms with E-state index in [9.17, 15) is 4.79 Å². The molecule has 1 aromatic carbocycles. The van der Waals surface area contributed by atoms with Crippen molar-refractivity contribution in [3.63, 3.8) is 0 Å². The average molecular weight is 254 g/mol. The minimum Gasteiger partial charge on any atom is -0.335 e. The SMILES string of the molecule is CCC(=O)c1ccc2c(c1)Nc1nccnc1N2C. The Morgan fingerprint density at radius 3 is 2.89 bits per heavy atom. The molecule has 0 unspecified atom stereocenters. The van der Waals surface area contributed by atoms with Crippen LogP contribution in [0.15, 0.2) is 30.6 Å². The first-order chi connectivity index (χ1) is 9.20. The summed E-state index contributed by atoms with van der Waals surface area (Å²) in [5, 5.41) is 3.22. The first-order valence-electron chi connectivity index (χ1n) is 6.19. The molecule has 96 valence electrons. The summed E-state index contributed by atoms with van der Waals surface area (Å²) in [6, 6.07) is 5.66. The largest absolute Gasteiger partial charge is 0.335 e. The van der Waals surface area contributed by atoms with Crippen LogP contribution in [0.4, 0.5) is 23.0 Å². The lowest BCUT2D eigenvalue weighted by molar-refractivity contribution is 0.0988. The van der Waals surface area contributed by atoms with E-state index < -0.39 is 0 Å². The van der Waals surface area contributed by atoms with E-state index >= 15 is 0 Å². The van der Waals surface area contributed by atoms with Gasteiger partial charge in [0.25, 0.3) is 0 Å². The monoisotopic (exact) mass is 254 g/mol. The fourth-order valence-electron chi connectivity index (χ4n) is 2.21. The van der Waals surface area contributed by atoms with Gasteiger partial charge in [-0.05, 0) is 18.2 Å². The molecule has 3 rings (SSSR count). The number of rotatable bonds is 2. The van der Waals surface area contributed by atoms with Crippen LogP contribution in [-0.2, 0) is 0 Å². The van der Waals surface area contributed by atoms with Gasteiger partial charge in [0.1, 0.15) is 0 Å². The van der Waals surface area contributed by atoms with Gasteiger partial charge in [-0.1, -0.05) is 6.92 Å². The summed E-state index contributed by atoms with van der Waals surface area (Å²) in [5.41, 5.74) is 2.59. The normalized spacial score (nSPS) is 12.4. The molecule has 1 N–H and O–H groups in total. The van der Waals surface area contributed by atoms with Gasteiger partial charge >= 0.3 is 0 Å². The highest BCUT2D eigenvalue weighted by atomic mass is 16.1. The van der Waals surface area contributed by atoms with Gasteiger partial charge in [-0.3, -0.25) is 4.79 Å². The second kappa shape index (κ2) is 4.35. The number of Topliss-reactive ketones (excluding diaryl/α,β-unsaturated/α-hetero) is 1. The Morgan fingerprint density at radius 2 is 2.11 bits per heavy atom. The molecule has 1 aromatic heterocycles. The Bertz CT molecular complexity index is 654. The van der Waals surface area contributed by atoms with Crippen molar-refractivity contribution in [2.24, 2.45) is 0 Å². The Hall–Kier alpha value is -2.43. The lowest BCUT2D eigenvalue weighted by Crippen LogP contribution is -2.20. The summed E-state index contributed by atoms with van der Waals surface area (Å²) < 4.78 is 0. The van der Waals surface area contributed by atoms with E-state index in [4.69, 9.17) is 0 Å². The summed E-state index contributed by atoms with van der Waals surface area (Å²) in [6.45, 7) is 1.86. The van der Waals surface area contributed by atoms with Gasteiger partial charge in [-0.25, -0.2) is 9.97 Å². The van der Waals surface area contributed by atoms with Gasteiger partial charge in [0, 0.05) is 31.4 Å². The minimum atomic E-state index is 0.136. The highest BCUT2D eigenvalue weighted by Gasteiger charge is 2.22. The molecule has 0 radical (unpaired) electrons. The zero-order valence-corrected chi connectivity index (χ0v) is 10.8. The molecule has 0 atom stereocenters. The van der Waals surface area contributed by atoms with Crippen molar-refractivity contribution in [3.8, 4) is 0 Å². The van der Waals surface area contributed by atoms with Crippen molar-refractivity contribution in [2.45, 2.75) is 13.3 Å². The number of nitrogens with one attached hydrogen (secondary N) is 1. The number of carbonyl (C=O) groups is 1. The first kappa shape index (κ1) is 11.6. The van der Waals surface area contributed by atoms with Crippen LogP contribution in [0.25, 0.3) is 0 Å². The number of anilines is 4. The van der Waals surface area contributed by atoms with Crippen molar-refractivity contribution < 1.29 is 4.79 Å². The van der Waals surface area contributed by atoms with Crippen LogP contribution < -0.4 is 10.2 Å². The molecular weight excluding hydrogens is 240 g/mol. The van der Waals surface area contributed by atoms with E-state index in [1.165, 1.54) is 0 Å². The lowest BCUT2D eigenvalue weighted by Gasteiger charge is -2.28. The van der Waals surface area contributed by atoms with E-state index in [-0.39, 0.29) is 5.78 Å². The second-order valence-corrected chi connectivity index (χ2v) is 4.42. The highest BCUT2D eigenvalue weighted by Crippen LogP contribution is 2.40. The van der Waals surface area contributed by atoms with Crippen LogP contribution in [0.2, 0.25) is 0 Å². The van der Waals surface area contributed by atoms with Gasteiger partial charge in [0.05, 0.1) is 11.4 Å². The van der Waals surface area contributed by atoms with Crippen LogP contribution in [0, 0.1) is 0 Å². The van der Waals surface area contributed by atoms with Gasteiger partial charge in [0.15, 0.2) is 17.4 Å². The van der Waals surface area contributed by atoms with Crippen molar-refractivity contribution >= 4 is 28.8 Å². The van der Waals surface area contributed by atoms with Gasteiger partial charge in [-0.15, -0.1) is 0 Å². The van der Waals surface area contributed by atoms with Gasteiger partial charge in [-0.2, -0.15) is 0 Å². The summed E-state index contributed by atoms with van der Waals surface area (Å²) in [6.07, 6.45) is 3.81. The second-order valence-electron chi connectivity index (χ2n) is 4.42. The molecule has 1 aliphatic heterocycles. The molecule has 19 heavy (non-hydrogen) atoms. The smallest absolute Gasteiger partial charge is 0.176 e. The molecule has 0 saturated heterocycles. The van der Waals surface area contributed by atoms with E-state index in [2.05, 4.69) is 15.3 Å². The van der Waals surface area contributed by atoms with Crippen LogP contribution in [0.1, 0.15) is 23.7 Å². The molecule has 0 fully saturated rings. The van der Waals surface area contributed by atoms with E-state index in [1.54, 1.807) is 12.4 Å². The molecule has 0 saturated carbocycles. The standard InChI is InChI=1S/C14H14N4O/c1-3-12(19)9-4-5-11-10(8-9)17-13-14(18(11)2)16-7-6-15-13/h4-8H,3H2,1-2H3,(H,15,17). The fraction of sp³-hybridized carbons (Fsp3) is 0.214. The highest BCUT2D eigenvalue weighted by molar-refractivity contribution is 5.99. The van der Waals surface area contributed by atoms with E-state index in [0.717, 1.165) is 22.8 Å². The Kier molecular flexibility index (Phi) is 2.67. The molecule has 0 spiro atoms. The third-order valence-corrected chi connectivity index (χ3v) is 3.25. The van der Waals surface area contributed by atoms with Crippen molar-refractivity contribution in [1.82, 2.24) is 9.97 Å². The third-order valence-electron chi connectivity index (χ3n) is 3.25. The van der Waals surface area contributed by atoms with Crippen molar-refractivity contribution in [2.75, 3.05) is 17.3 Å². The number of benzene rings is 1. The molecule has 0 bridgehead atoms. The maximum atomic E-state index is 11.8. The van der Waals surface area contributed by atoms with Crippen LogP contribution in [0.5, 0.6) is 0 Å². The number of hydrogen-bond acceptors (Lipinski definition) is 5. The summed E-state index contributed by atoms with van der Waals surface area (Å²) in [7, 11) is 1.94. The van der Waals surface area contributed by atoms with E-state index in [1.807, 2.05) is 37.1 Å². The Labute approximate surface area is 111 Å². The van der Waals surface area contributed by atoms with Crippen LogP contribution >= 0.6 is 0 Å². The predicted octanol–water partition coefficient (Wildman–Crippen LogP) is 2.89. The Balaban J connectivity index is 2.08.